The fraction of sp³-hybridized carbons (Fsp3) is 0.0833. The van der Waals surface area contributed by atoms with Gasteiger partial charge in [0, 0.05) is 25.1 Å². The normalized spacial score (nSPS) is 10.1. The van der Waals surface area contributed by atoms with Crippen molar-refractivity contribution in [3.63, 3.8) is 0 Å². The molecule has 0 fully saturated rings. The first-order valence-electron chi connectivity index (χ1n) is 5.11. The Morgan fingerprint density at radius 3 is 2.33 bits per heavy atom. The van der Waals surface area contributed by atoms with Gasteiger partial charge in [0.1, 0.15) is 4.88 Å². The number of carboxylic acid groups (broad SMARTS) is 1. The third kappa shape index (κ3) is 2.38. The Balaban J connectivity index is 2.23. The zero-order valence-corrected chi connectivity index (χ0v) is 10.3. The number of pyridine rings is 1. The number of aromatic nitrogens is 1. The third-order valence-corrected chi connectivity index (χ3v) is 3.44. The first kappa shape index (κ1) is 12.3. The minimum absolute atomic E-state index is 0.154. The summed E-state index contributed by atoms with van der Waals surface area (Å²) in [5.41, 5.74) is 0.709. The van der Waals surface area contributed by atoms with Crippen LogP contribution in [0.1, 0.15) is 19.3 Å². The lowest BCUT2D eigenvalue weighted by Crippen LogP contribution is -2.25. The van der Waals surface area contributed by atoms with E-state index in [4.69, 9.17) is 5.11 Å². The van der Waals surface area contributed by atoms with E-state index in [2.05, 4.69) is 4.98 Å². The predicted octanol–water partition coefficient (Wildman–Crippen LogP) is 2.12. The molecule has 0 radical (unpaired) electrons. The molecule has 2 aromatic rings. The summed E-state index contributed by atoms with van der Waals surface area (Å²) in [5, 5.41) is 8.81. The Labute approximate surface area is 107 Å². The van der Waals surface area contributed by atoms with Gasteiger partial charge in [-0.2, -0.15) is 0 Å². The maximum Gasteiger partial charge on any atom is 0.345 e. The summed E-state index contributed by atoms with van der Waals surface area (Å²) < 4.78 is 0. The number of anilines is 1. The van der Waals surface area contributed by atoms with E-state index in [0.29, 0.717) is 10.6 Å². The van der Waals surface area contributed by atoms with Crippen molar-refractivity contribution in [1.29, 1.82) is 0 Å². The number of carbonyl (C=O) groups excluding carboxylic acids is 1. The van der Waals surface area contributed by atoms with Crippen molar-refractivity contribution < 1.29 is 14.7 Å². The molecule has 1 amide bonds. The van der Waals surface area contributed by atoms with E-state index >= 15 is 0 Å². The molecule has 0 unspecified atom stereocenters. The van der Waals surface area contributed by atoms with Crippen molar-refractivity contribution in [1.82, 2.24) is 4.98 Å². The van der Waals surface area contributed by atoms with Gasteiger partial charge in [0.2, 0.25) is 0 Å². The summed E-state index contributed by atoms with van der Waals surface area (Å²) in [4.78, 5) is 28.7. The van der Waals surface area contributed by atoms with E-state index in [1.165, 1.54) is 17.0 Å². The molecule has 18 heavy (non-hydrogen) atoms. The van der Waals surface area contributed by atoms with Crippen molar-refractivity contribution in [3.8, 4) is 0 Å². The number of amides is 1. The van der Waals surface area contributed by atoms with Crippen molar-refractivity contribution in [2.45, 2.75) is 0 Å². The van der Waals surface area contributed by atoms with Crippen molar-refractivity contribution >= 4 is 28.9 Å². The second kappa shape index (κ2) is 4.97. The van der Waals surface area contributed by atoms with Gasteiger partial charge in [-0.05, 0) is 24.3 Å². The molecule has 0 aliphatic heterocycles. The molecule has 2 rings (SSSR count). The summed E-state index contributed by atoms with van der Waals surface area (Å²) >= 11 is 0.966. The Kier molecular flexibility index (Phi) is 3.38. The largest absolute Gasteiger partial charge is 0.477 e. The Morgan fingerprint density at radius 1 is 1.17 bits per heavy atom. The highest BCUT2D eigenvalue weighted by molar-refractivity contribution is 7.16. The number of aromatic carboxylic acids is 1. The van der Waals surface area contributed by atoms with Crippen LogP contribution in [0.4, 0.5) is 5.69 Å². The van der Waals surface area contributed by atoms with Gasteiger partial charge in [-0.1, -0.05) is 0 Å². The van der Waals surface area contributed by atoms with Crippen molar-refractivity contribution in [2.75, 3.05) is 11.9 Å². The smallest absolute Gasteiger partial charge is 0.345 e. The minimum atomic E-state index is -1.02. The average molecular weight is 262 g/mol. The highest BCUT2D eigenvalue weighted by Gasteiger charge is 2.17. The van der Waals surface area contributed by atoms with E-state index < -0.39 is 5.97 Å². The van der Waals surface area contributed by atoms with Crippen LogP contribution in [-0.4, -0.2) is 29.0 Å². The monoisotopic (exact) mass is 262 g/mol. The first-order chi connectivity index (χ1) is 8.59. The average Bonchev–Trinajstić information content (AvgIpc) is 2.88. The topological polar surface area (TPSA) is 70.5 Å². The zero-order valence-electron chi connectivity index (χ0n) is 9.53. The number of carboxylic acids is 1. The molecule has 92 valence electrons. The summed E-state index contributed by atoms with van der Waals surface area (Å²) in [7, 11) is 1.64. The maximum atomic E-state index is 12.1. The number of carbonyl (C=O) groups is 2. The second-order valence-corrected chi connectivity index (χ2v) is 4.62. The van der Waals surface area contributed by atoms with Crippen LogP contribution < -0.4 is 4.90 Å². The molecule has 0 saturated heterocycles. The lowest BCUT2D eigenvalue weighted by molar-refractivity contribution is 0.0702. The maximum absolute atomic E-state index is 12.1. The van der Waals surface area contributed by atoms with Gasteiger partial charge in [0.25, 0.3) is 5.91 Å². The Morgan fingerprint density at radius 2 is 1.78 bits per heavy atom. The molecule has 1 N–H and O–H groups in total. The van der Waals surface area contributed by atoms with E-state index in [1.54, 1.807) is 31.6 Å². The molecule has 6 heteroatoms. The van der Waals surface area contributed by atoms with Crippen LogP contribution in [0.2, 0.25) is 0 Å². The van der Waals surface area contributed by atoms with Crippen LogP contribution in [0.5, 0.6) is 0 Å². The molecular weight excluding hydrogens is 252 g/mol. The fourth-order valence-corrected chi connectivity index (χ4v) is 2.24. The quantitative estimate of drug-likeness (QED) is 0.919. The van der Waals surface area contributed by atoms with E-state index in [9.17, 15) is 9.59 Å². The molecule has 0 aliphatic rings. The third-order valence-electron chi connectivity index (χ3n) is 2.38. The Bertz CT molecular complexity index is 580. The molecule has 0 atom stereocenters. The van der Waals surface area contributed by atoms with E-state index in [1.807, 2.05) is 0 Å². The lowest BCUT2D eigenvalue weighted by atomic mass is 10.3. The van der Waals surface area contributed by atoms with Gasteiger partial charge < -0.3 is 10.0 Å². The molecule has 2 aromatic heterocycles. The van der Waals surface area contributed by atoms with E-state index in [0.717, 1.165) is 11.3 Å². The molecule has 5 nitrogen and oxygen atoms in total. The number of nitrogens with zero attached hydrogens (tertiary/aromatic N) is 2. The first-order valence-corrected chi connectivity index (χ1v) is 5.92. The lowest BCUT2D eigenvalue weighted by Gasteiger charge is -2.15. The van der Waals surface area contributed by atoms with E-state index in [-0.39, 0.29) is 10.8 Å². The SMILES string of the molecule is CN(C(=O)c1ccc(C(=O)O)s1)c1ccncc1. The van der Waals surface area contributed by atoms with Gasteiger partial charge >= 0.3 is 5.97 Å². The summed E-state index contributed by atoms with van der Waals surface area (Å²) in [6.07, 6.45) is 3.19. The zero-order chi connectivity index (χ0) is 13.1. The molecule has 0 aromatic carbocycles. The molecule has 0 saturated carbocycles. The van der Waals surface area contributed by atoms with Crippen LogP contribution in [0, 0.1) is 0 Å². The van der Waals surface area contributed by atoms with Crippen molar-refractivity contribution in [2.24, 2.45) is 0 Å². The van der Waals surface area contributed by atoms with Gasteiger partial charge in [0.15, 0.2) is 0 Å². The van der Waals surface area contributed by atoms with Crippen LogP contribution in [-0.2, 0) is 0 Å². The Hall–Kier alpha value is -2.21. The van der Waals surface area contributed by atoms with Crippen LogP contribution in [0.3, 0.4) is 0 Å². The highest BCUT2D eigenvalue weighted by Crippen LogP contribution is 2.20. The highest BCUT2D eigenvalue weighted by atomic mass is 32.1. The van der Waals surface area contributed by atoms with Crippen molar-refractivity contribution in [3.05, 3.63) is 46.4 Å². The van der Waals surface area contributed by atoms with Gasteiger partial charge in [0.05, 0.1) is 4.88 Å². The number of hydrogen-bond donors (Lipinski definition) is 1. The minimum Gasteiger partial charge on any atom is -0.477 e. The number of rotatable bonds is 3. The fourth-order valence-electron chi connectivity index (χ4n) is 1.42. The predicted molar refractivity (Wildman–Crippen MR) is 68.2 cm³/mol. The standard InChI is InChI=1S/C12H10N2O3S/c1-14(8-4-6-13-7-5-8)11(15)9-2-3-10(18-9)12(16)17/h2-7H,1H3,(H,16,17). The number of hydrogen-bond acceptors (Lipinski definition) is 4. The van der Waals surface area contributed by atoms with Gasteiger partial charge in [-0.15, -0.1) is 11.3 Å². The molecule has 0 spiro atoms. The molecule has 0 aliphatic carbocycles. The molecule has 2 heterocycles. The molecular formula is C12H10N2O3S. The van der Waals surface area contributed by atoms with Crippen LogP contribution >= 0.6 is 11.3 Å². The summed E-state index contributed by atoms with van der Waals surface area (Å²) in [5.74, 6) is -1.26. The number of thiophene rings is 1. The van der Waals surface area contributed by atoms with Crippen LogP contribution in [0.25, 0.3) is 0 Å². The van der Waals surface area contributed by atoms with Crippen LogP contribution in [0.15, 0.2) is 36.7 Å². The van der Waals surface area contributed by atoms with Gasteiger partial charge in [-0.25, -0.2) is 4.79 Å². The molecule has 0 bridgehead atoms. The summed E-state index contributed by atoms with van der Waals surface area (Å²) in [6, 6.07) is 6.38. The van der Waals surface area contributed by atoms with Gasteiger partial charge in [-0.3, -0.25) is 9.78 Å². The summed E-state index contributed by atoms with van der Waals surface area (Å²) in [6.45, 7) is 0. The second-order valence-electron chi connectivity index (χ2n) is 3.54.